The summed E-state index contributed by atoms with van der Waals surface area (Å²) in [6, 6.07) is 4.87. The van der Waals surface area contributed by atoms with E-state index in [9.17, 15) is 12.9 Å². The minimum absolute atomic E-state index is 0. The van der Waals surface area contributed by atoms with E-state index in [2.05, 4.69) is 0 Å². The fourth-order valence-corrected chi connectivity index (χ4v) is 1.17. The largest absolute Gasteiger partial charge is 1.00 e. The number of halogens is 3. The second-order valence-corrected chi connectivity index (χ2v) is 3.19. The number of rotatable bonds is 6. The average molecular weight is 272 g/mol. The predicted molar refractivity (Wildman–Crippen MR) is 57.1 cm³/mol. The van der Waals surface area contributed by atoms with Crippen molar-refractivity contribution in [1.82, 2.24) is 0 Å². The minimum atomic E-state index is -4.96. The van der Waals surface area contributed by atoms with Crippen LogP contribution >= 0.6 is 0 Å². The van der Waals surface area contributed by atoms with E-state index < -0.39 is 12.4 Å². The molecule has 0 bridgehead atoms. The van der Waals surface area contributed by atoms with Gasteiger partial charge in [0.15, 0.2) is 0 Å². The Labute approximate surface area is 141 Å². The van der Waals surface area contributed by atoms with Crippen molar-refractivity contribution in [2.45, 2.75) is 6.92 Å². The van der Waals surface area contributed by atoms with E-state index in [0.717, 1.165) is 12.1 Å². The van der Waals surface area contributed by atoms with E-state index in [1.165, 1.54) is 12.1 Å². The van der Waals surface area contributed by atoms with E-state index in [4.69, 9.17) is 9.47 Å². The third-order valence-electron chi connectivity index (χ3n) is 1.94. The summed E-state index contributed by atoms with van der Waals surface area (Å²) in [4.78, 5) is 0. The molecule has 0 aromatic heterocycles. The quantitative estimate of drug-likeness (QED) is 0.496. The summed E-state index contributed by atoms with van der Waals surface area (Å²) in [5.41, 5.74) is -0.645. The normalized spacial score (nSPS) is 10.8. The molecule has 1 aromatic rings. The molecule has 0 saturated carbocycles. The van der Waals surface area contributed by atoms with Crippen LogP contribution in [0.1, 0.15) is 6.92 Å². The Morgan fingerprint density at radius 3 is 2.47 bits per heavy atom. The maximum absolute atomic E-state index is 12.4. The first kappa shape index (κ1) is 17.5. The predicted octanol–water partition coefficient (Wildman–Crippen LogP) is -0.840. The Bertz CT molecular complexity index is 334. The molecule has 0 fully saturated rings. The van der Waals surface area contributed by atoms with Gasteiger partial charge in [-0.25, -0.2) is 0 Å². The van der Waals surface area contributed by atoms with Crippen LogP contribution < -0.4 is 61.6 Å². The molecule has 0 heterocycles. The Kier molecular flexibility index (Phi) is 8.79. The molecule has 1 rings (SSSR count). The number of benzene rings is 1. The van der Waals surface area contributed by atoms with Gasteiger partial charge in [-0.2, -0.15) is 0 Å². The zero-order valence-electron chi connectivity index (χ0n) is 9.96. The van der Waals surface area contributed by atoms with Crippen molar-refractivity contribution in [1.29, 1.82) is 0 Å². The minimum Gasteiger partial charge on any atom is -0.491 e. The molecule has 90 valence electrons. The third-order valence-corrected chi connectivity index (χ3v) is 1.94. The first-order chi connectivity index (χ1) is 7.54. The second-order valence-electron chi connectivity index (χ2n) is 3.19. The molecule has 0 radical (unpaired) electrons. The number of hydrogen-bond acceptors (Lipinski definition) is 2. The van der Waals surface area contributed by atoms with E-state index in [1.807, 2.05) is 6.92 Å². The molecule has 0 atom stereocenters. The molecule has 0 spiro atoms. The zero-order chi connectivity index (χ0) is 12.0. The maximum atomic E-state index is 12.4. The summed E-state index contributed by atoms with van der Waals surface area (Å²) in [5.74, 6) is 0.219. The van der Waals surface area contributed by atoms with Gasteiger partial charge in [0.25, 0.3) is 0 Å². The molecule has 7 heteroatoms. The Morgan fingerprint density at radius 1 is 1.18 bits per heavy atom. The van der Waals surface area contributed by atoms with Crippen LogP contribution in [0, 0.1) is 0 Å². The van der Waals surface area contributed by atoms with Crippen LogP contribution in [0.25, 0.3) is 0 Å². The van der Waals surface area contributed by atoms with Gasteiger partial charge in [0.1, 0.15) is 12.4 Å². The van der Waals surface area contributed by atoms with Gasteiger partial charge in [0, 0.05) is 6.61 Å². The van der Waals surface area contributed by atoms with Crippen molar-refractivity contribution in [3.8, 4) is 5.75 Å². The van der Waals surface area contributed by atoms with Crippen LogP contribution in [0.15, 0.2) is 24.3 Å². The fourth-order valence-electron chi connectivity index (χ4n) is 1.17. The summed E-state index contributed by atoms with van der Waals surface area (Å²) in [6.07, 6.45) is 0. The molecule has 0 unspecified atom stereocenters. The Hall–Kier alpha value is 0.471. The molecule has 0 N–H and O–H groups in total. The van der Waals surface area contributed by atoms with Crippen LogP contribution in [0.5, 0.6) is 5.75 Å². The molecule has 0 aliphatic heterocycles. The summed E-state index contributed by atoms with van der Waals surface area (Å²) >= 11 is 0. The molecule has 0 aliphatic carbocycles. The van der Waals surface area contributed by atoms with Gasteiger partial charge in [0.05, 0.1) is 6.61 Å². The van der Waals surface area contributed by atoms with Crippen molar-refractivity contribution in [3.63, 3.8) is 0 Å². The summed E-state index contributed by atoms with van der Waals surface area (Å²) in [5, 5.41) is 0. The van der Waals surface area contributed by atoms with Crippen LogP contribution in [-0.2, 0) is 4.74 Å². The van der Waals surface area contributed by atoms with Crippen LogP contribution in [0.2, 0.25) is 0 Å². The number of ether oxygens (including phenoxy) is 2. The van der Waals surface area contributed by atoms with E-state index >= 15 is 0 Å². The first-order valence-electron chi connectivity index (χ1n) is 5.04. The molecule has 0 amide bonds. The molecular formula is C10H13BF3KO2. The second kappa shape index (κ2) is 8.55. The van der Waals surface area contributed by atoms with Crippen molar-refractivity contribution in [2.75, 3.05) is 19.8 Å². The van der Waals surface area contributed by atoms with Gasteiger partial charge >= 0.3 is 58.4 Å². The topological polar surface area (TPSA) is 18.5 Å². The van der Waals surface area contributed by atoms with Gasteiger partial charge in [-0.1, -0.05) is 12.1 Å². The standard InChI is InChI=1S/C10H13BF3O2.K/c1-2-15-6-7-16-10-5-3-4-9(8-10)11(12,13)14;/h3-5,8H,2,6-7H2,1H3;/q-1;+1. The summed E-state index contributed by atoms with van der Waals surface area (Å²) in [7, 11) is 0. The molecular weight excluding hydrogens is 259 g/mol. The van der Waals surface area contributed by atoms with Gasteiger partial charge in [-0.3, -0.25) is 0 Å². The first-order valence-corrected chi connectivity index (χ1v) is 5.04. The Morgan fingerprint density at radius 2 is 1.88 bits per heavy atom. The molecule has 0 saturated heterocycles. The maximum Gasteiger partial charge on any atom is 1.00 e. The fraction of sp³-hybridized carbons (Fsp3) is 0.400. The van der Waals surface area contributed by atoms with Crippen molar-refractivity contribution in [2.24, 2.45) is 0 Å². The average Bonchev–Trinajstić information content (AvgIpc) is 2.24. The van der Waals surface area contributed by atoms with Gasteiger partial charge in [-0.15, -0.1) is 5.46 Å². The molecule has 1 aromatic carbocycles. The van der Waals surface area contributed by atoms with Gasteiger partial charge < -0.3 is 22.4 Å². The SMILES string of the molecule is CCOCCOc1cccc([B-](F)(F)F)c1.[K+]. The van der Waals surface area contributed by atoms with E-state index in [1.54, 1.807) is 0 Å². The molecule has 17 heavy (non-hydrogen) atoms. The molecule has 2 nitrogen and oxygen atoms in total. The van der Waals surface area contributed by atoms with Gasteiger partial charge in [-0.05, 0) is 19.1 Å². The van der Waals surface area contributed by atoms with Crippen molar-refractivity contribution < 1.29 is 73.8 Å². The van der Waals surface area contributed by atoms with Gasteiger partial charge in [0.2, 0.25) is 0 Å². The monoisotopic (exact) mass is 272 g/mol. The van der Waals surface area contributed by atoms with Crippen LogP contribution in [0.4, 0.5) is 12.9 Å². The van der Waals surface area contributed by atoms with Crippen molar-refractivity contribution in [3.05, 3.63) is 24.3 Å². The zero-order valence-corrected chi connectivity index (χ0v) is 13.1. The van der Waals surface area contributed by atoms with Crippen molar-refractivity contribution >= 4 is 12.4 Å². The van der Waals surface area contributed by atoms with Crippen LogP contribution in [-0.4, -0.2) is 26.8 Å². The smallest absolute Gasteiger partial charge is 0.491 e. The van der Waals surface area contributed by atoms with Crippen LogP contribution in [0.3, 0.4) is 0 Å². The summed E-state index contributed by atoms with van der Waals surface area (Å²) < 4.78 is 47.3. The Balaban J connectivity index is 0.00000256. The summed E-state index contributed by atoms with van der Waals surface area (Å²) in [6.45, 7) is -1.93. The third kappa shape index (κ3) is 6.83. The van der Waals surface area contributed by atoms with E-state index in [-0.39, 0.29) is 63.7 Å². The van der Waals surface area contributed by atoms with E-state index in [0.29, 0.717) is 13.2 Å². The molecule has 0 aliphatic rings. The number of hydrogen-bond donors (Lipinski definition) is 0.